The summed E-state index contributed by atoms with van der Waals surface area (Å²) in [6.45, 7) is 3.30. The van der Waals surface area contributed by atoms with Crippen LogP contribution in [0.4, 0.5) is 4.39 Å². The fourth-order valence-electron chi connectivity index (χ4n) is 0.919. The zero-order valence-corrected chi connectivity index (χ0v) is 6.79. The molecule has 1 rings (SSSR count). The van der Waals surface area contributed by atoms with Gasteiger partial charge >= 0.3 is 0 Å². The first kappa shape index (κ1) is 8.59. The molecule has 1 aromatic carbocycles. The summed E-state index contributed by atoms with van der Waals surface area (Å²) in [5.41, 5.74) is 0.384. The van der Waals surface area contributed by atoms with Gasteiger partial charge in [0, 0.05) is 7.05 Å². The first-order chi connectivity index (χ1) is 5.79. The molecular weight excluding hydrogens is 155 g/mol. The monoisotopic (exact) mass is 164 g/mol. The van der Waals surface area contributed by atoms with E-state index in [2.05, 4.69) is 16.7 Å². The largest absolute Gasteiger partial charge is 0.270 e. The van der Waals surface area contributed by atoms with Crippen LogP contribution in [-0.2, 0) is 0 Å². The Morgan fingerprint density at radius 3 is 2.58 bits per heavy atom. The standard InChI is InChI=1S/C9H9FN2/c1-11-9(12-2)7-5-3-4-6-8(7)10/h3-6H,1H2,2H3/b12-9-. The number of benzene rings is 1. The van der Waals surface area contributed by atoms with Crippen molar-refractivity contribution in [2.75, 3.05) is 7.05 Å². The van der Waals surface area contributed by atoms with Crippen LogP contribution >= 0.6 is 0 Å². The van der Waals surface area contributed by atoms with E-state index in [1.165, 1.54) is 6.07 Å². The molecule has 1 aromatic rings. The molecule has 0 amide bonds. The molecule has 2 nitrogen and oxygen atoms in total. The first-order valence-corrected chi connectivity index (χ1v) is 3.48. The van der Waals surface area contributed by atoms with E-state index < -0.39 is 0 Å². The molecule has 0 saturated carbocycles. The van der Waals surface area contributed by atoms with E-state index >= 15 is 0 Å². The van der Waals surface area contributed by atoms with Crippen LogP contribution in [0.5, 0.6) is 0 Å². The minimum atomic E-state index is -0.328. The molecular formula is C9H9FN2. The number of amidine groups is 1. The maximum atomic E-state index is 13.0. The zero-order chi connectivity index (χ0) is 8.97. The lowest BCUT2D eigenvalue weighted by Gasteiger charge is -1.99. The Hall–Kier alpha value is -1.51. The van der Waals surface area contributed by atoms with Gasteiger partial charge in [-0.25, -0.2) is 9.38 Å². The summed E-state index contributed by atoms with van der Waals surface area (Å²) in [6.07, 6.45) is 0. The summed E-state index contributed by atoms with van der Waals surface area (Å²) in [4.78, 5) is 7.38. The average molecular weight is 164 g/mol. The maximum absolute atomic E-state index is 13.0. The second-order valence-electron chi connectivity index (χ2n) is 2.19. The minimum Gasteiger partial charge on any atom is -0.270 e. The second-order valence-corrected chi connectivity index (χ2v) is 2.19. The van der Waals surface area contributed by atoms with Crippen LogP contribution in [-0.4, -0.2) is 19.6 Å². The van der Waals surface area contributed by atoms with Crippen LogP contribution in [0.2, 0.25) is 0 Å². The van der Waals surface area contributed by atoms with Gasteiger partial charge in [0.2, 0.25) is 0 Å². The molecule has 0 heterocycles. The normalized spacial score (nSPS) is 11.3. The molecule has 62 valence electrons. The van der Waals surface area contributed by atoms with E-state index in [1.807, 2.05) is 0 Å². The van der Waals surface area contributed by atoms with Crippen LogP contribution in [0.3, 0.4) is 0 Å². The van der Waals surface area contributed by atoms with Crippen molar-refractivity contribution in [1.29, 1.82) is 0 Å². The Morgan fingerprint density at radius 1 is 1.42 bits per heavy atom. The molecule has 0 fully saturated rings. The summed E-state index contributed by atoms with van der Waals surface area (Å²) < 4.78 is 13.0. The number of rotatable bonds is 1. The predicted octanol–water partition coefficient (Wildman–Crippen LogP) is 1.90. The van der Waals surface area contributed by atoms with E-state index in [-0.39, 0.29) is 5.82 Å². The number of aliphatic imine (C=N–C) groups is 2. The molecule has 0 radical (unpaired) electrons. The maximum Gasteiger partial charge on any atom is 0.156 e. The molecule has 0 aliphatic rings. The SMILES string of the molecule is C=N/C(=N\C)c1ccccc1F. The van der Waals surface area contributed by atoms with E-state index in [1.54, 1.807) is 25.2 Å². The molecule has 0 spiro atoms. The lowest BCUT2D eigenvalue weighted by Crippen LogP contribution is -1.99. The topological polar surface area (TPSA) is 24.7 Å². The molecule has 0 aromatic heterocycles. The summed E-state index contributed by atoms with van der Waals surface area (Å²) in [7, 11) is 1.55. The average Bonchev–Trinajstić information content (AvgIpc) is 2.10. The minimum absolute atomic E-state index is 0.327. The molecule has 0 aliphatic heterocycles. The van der Waals surface area contributed by atoms with Gasteiger partial charge in [-0.15, -0.1) is 0 Å². The first-order valence-electron chi connectivity index (χ1n) is 3.48. The van der Waals surface area contributed by atoms with Crippen LogP contribution in [0.15, 0.2) is 34.3 Å². The van der Waals surface area contributed by atoms with Gasteiger partial charge in [0.15, 0.2) is 5.84 Å². The van der Waals surface area contributed by atoms with Crippen molar-refractivity contribution in [3.8, 4) is 0 Å². The van der Waals surface area contributed by atoms with E-state index in [4.69, 9.17) is 0 Å². The molecule has 0 unspecified atom stereocenters. The molecule has 12 heavy (non-hydrogen) atoms. The summed E-state index contributed by atoms with van der Waals surface area (Å²) in [6, 6.07) is 6.34. The molecule has 0 saturated heterocycles. The number of nitrogens with zero attached hydrogens (tertiary/aromatic N) is 2. The van der Waals surface area contributed by atoms with Crippen molar-refractivity contribution >= 4 is 12.6 Å². The molecule has 0 atom stereocenters. The van der Waals surface area contributed by atoms with Crippen molar-refractivity contribution in [3.63, 3.8) is 0 Å². The van der Waals surface area contributed by atoms with E-state index in [0.717, 1.165) is 0 Å². The van der Waals surface area contributed by atoms with Crippen LogP contribution in [0, 0.1) is 5.82 Å². The lowest BCUT2D eigenvalue weighted by atomic mass is 10.2. The third-order valence-electron chi connectivity index (χ3n) is 1.48. The third kappa shape index (κ3) is 1.56. The van der Waals surface area contributed by atoms with Crippen molar-refractivity contribution in [3.05, 3.63) is 35.6 Å². The van der Waals surface area contributed by atoms with Crippen molar-refractivity contribution in [2.24, 2.45) is 9.98 Å². The smallest absolute Gasteiger partial charge is 0.156 e. The highest BCUT2D eigenvalue weighted by atomic mass is 19.1. The summed E-state index contributed by atoms with van der Waals surface area (Å²) >= 11 is 0. The molecule has 3 heteroatoms. The quantitative estimate of drug-likeness (QED) is 0.447. The van der Waals surface area contributed by atoms with Gasteiger partial charge in [0.05, 0.1) is 5.56 Å². The Balaban J connectivity index is 3.18. The van der Waals surface area contributed by atoms with Gasteiger partial charge in [0.25, 0.3) is 0 Å². The number of hydrogen-bond acceptors (Lipinski definition) is 1. The zero-order valence-electron chi connectivity index (χ0n) is 6.79. The van der Waals surface area contributed by atoms with Crippen molar-refractivity contribution in [2.45, 2.75) is 0 Å². The Kier molecular flexibility index (Phi) is 2.69. The summed E-state index contributed by atoms with van der Waals surface area (Å²) in [5, 5.41) is 0. The second kappa shape index (κ2) is 3.76. The molecule has 0 aliphatic carbocycles. The lowest BCUT2D eigenvalue weighted by molar-refractivity contribution is 0.625. The van der Waals surface area contributed by atoms with Gasteiger partial charge < -0.3 is 0 Å². The van der Waals surface area contributed by atoms with Crippen LogP contribution in [0.1, 0.15) is 5.56 Å². The molecule has 0 bridgehead atoms. The Labute approximate surface area is 70.5 Å². The van der Waals surface area contributed by atoms with Crippen molar-refractivity contribution < 1.29 is 4.39 Å². The highest BCUT2D eigenvalue weighted by Gasteiger charge is 2.04. The van der Waals surface area contributed by atoms with Crippen LogP contribution < -0.4 is 0 Å². The Bertz CT molecular complexity index is 318. The van der Waals surface area contributed by atoms with Gasteiger partial charge in [-0.05, 0) is 18.9 Å². The van der Waals surface area contributed by atoms with Gasteiger partial charge in [-0.2, -0.15) is 0 Å². The van der Waals surface area contributed by atoms with Gasteiger partial charge in [0.1, 0.15) is 5.82 Å². The number of halogens is 1. The fraction of sp³-hybridized carbons (Fsp3) is 0.111. The Morgan fingerprint density at radius 2 is 2.08 bits per heavy atom. The third-order valence-corrected chi connectivity index (χ3v) is 1.48. The predicted molar refractivity (Wildman–Crippen MR) is 48.4 cm³/mol. The molecule has 0 N–H and O–H groups in total. The van der Waals surface area contributed by atoms with Crippen molar-refractivity contribution in [1.82, 2.24) is 0 Å². The van der Waals surface area contributed by atoms with Crippen LogP contribution in [0.25, 0.3) is 0 Å². The fourth-order valence-corrected chi connectivity index (χ4v) is 0.919. The number of hydrogen-bond donors (Lipinski definition) is 0. The highest BCUT2D eigenvalue weighted by Crippen LogP contribution is 2.07. The van der Waals surface area contributed by atoms with E-state index in [0.29, 0.717) is 11.4 Å². The van der Waals surface area contributed by atoms with E-state index in [9.17, 15) is 4.39 Å². The summed E-state index contributed by atoms with van der Waals surface area (Å²) in [5.74, 6) is -0.00130. The van der Waals surface area contributed by atoms with Gasteiger partial charge in [-0.1, -0.05) is 12.1 Å². The van der Waals surface area contributed by atoms with Gasteiger partial charge in [-0.3, -0.25) is 4.99 Å². The highest BCUT2D eigenvalue weighted by molar-refractivity contribution is 6.01.